The highest BCUT2D eigenvalue weighted by molar-refractivity contribution is 8.23. The maximum absolute atomic E-state index is 12.8. The molecular formula is C13H16N2O4S4. The molecule has 0 aromatic heterocycles. The summed E-state index contributed by atoms with van der Waals surface area (Å²) in [5.74, 6) is -0.132. The van der Waals surface area contributed by atoms with Gasteiger partial charge in [0.05, 0.1) is 0 Å². The Bertz CT molecular complexity index is 534. The lowest BCUT2D eigenvalue weighted by atomic mass is 10.1. The Labute approximate surface area is 153 Å². The highest BCUT2D eigenvalue weighted by Gasteiger charge is 2.52. The highest BCUT2D eigenvalue weighted by Crippen LogP contribution is 2.33. The molecule has 0 aromatic rings. The van der Waals surface area contributed by atoms with E-state index in [0.29, 0.717) is 21.7 Å². The van der Waals surface area contributed by atoms with E-state index in [-0.39, 0.29) is 11.8 Å². The van der Waals surface area contributed by atoms with Gasteiger partial charge in [-0.3, -0.25) is 19.4 Å². The quantitative estimate of drug-likeness (QED) is 0.651. The van der Waals surface area contributed by atoms with Crippen molar-refractivity contribution in [2.24, 2.45) is 0 Å². The Balaban J connectivity index is 1.81. The zero-order valence-electron chi connectivity index (χ0n) is 12.6. The van der Waals surface area contributed by atoms with Gasteiger partial charge in [-0.1, -0.05) is 48.0 Å². The van der Waals surface area contributed by atoms with Crippen molar-refractivity contribution in [1.82, 2.24) is 9.80 Å². The van der Waals surface area contributed by atoms with Gasteiger partial charge in [-0.25, -0.2) is 0 Å². The third-order valence-electron chi connectivity index (χ3n) is 3.64. The smallest absolute Gasteiger partial charge is 0.260 e. The number of carbonyl (C=O) groups is 2. The first kappa shape index (κ1) is 17.6. The lowest BCUT2D eigenvalue weighted by molar-refractivity contribution is -0.162. The van der Waals surface area contributed by atoms with E-state index in [0.717, 1.165) is 11.5 Å². The molecule has 3 saturated heterocycles. The summed E-state index contributed by atoms with van der Waals surface area (Å²) in [7, 11) is 0. The predicted octanol–water partition coefficient (Wildman–Crippen LogP) is 1.23. The molecule has 2 amide bonds. The van der Waals surface area contributed by atoms with Crippen molar-refractivity contribution in [3.8, 4) is 0 Å². The van der Waals surface area contributed by atoms with Crippen molar-refractivity contribution in [2.75, 3.05) is 24.6 Å². The van der Waals surface area contributed by atoms with Crippen molar-refractivity contribution in [2.45, 2.75) is 31.8 Å². The van der Waals surface area contributed by atoms with Gasteiger partial charge in [0, 0.05) is 24.6 Å². The fourth-order valence-corrected chi connectivity index (χ4v) is 5.05. The van der Waals surface area contributed by atoms with Crippen LogP contribution in [0.5, 0.6) is 0 Å². The normalized spacial score (nSPS) is 30.3. The fourth-order valence-electron chi connectivity index (χ4n) is 2.62. The summed E-state index contributed by atoms with van der Waals surface area (Å²) in [5.41, 5.74) is 0. The average Bonchev–Trinajstić information content (AvgIpc) is 3.16. The molecule has 0 spiro atoms. The Hall–Kier alpha value is -0.260. The van der Waals surface area contributed by atoms with E-state index in [9.17, 15) is 9.59 Å². The van der Waals surface area contributed by atoms with Crippen molar-refractivity contribution < 1.29 is 19.1 Å². The summed E-state index contributed by atoms with van der Waals surface area (Å²) in [6, 6.07) is 0. The Morgan fingerprint density at radius 1 is 1.00 bits per heavy atom. The zero-order chi connectivity index (χ0) is 16.8. The van der Waals surface area contributed by atoms with Crippen molar-refractivity contribution in [1.29, 1.82) is 0 Å². The molecule has 0 N–H and O–H groups in total. The molecule has 0 aromatic carbocycles. The minimum absolute atomic E-state index is 0.318. The Morgan fingerprint density at radius 2 is 1.39 bits per heavy atom. The van der Waals surface area contributed by atoms with Crippen LogP contribution in [0, 0.1) is 0 Å². The SMILES string of the molecule is CC1(C)O[C@@H](C(=O)N2CCSC2=S)[C@H](C(=O)N2CCSC2=S)O1. The summed E-state index contributed by atoms with van der Waals surface area (Å²) in [6.45, 7) is 4.44. The maximum Gasteiger partial charge on any atom is 0.260 e. The highest BCUT2D eigenvalue weighted by atomic mass is 32.2. The number of thioether (sulfide) groups is 2. The number of rotatable bonds is 2. The molecule has 3 aliphatic heterocycles. The molecule has 0 bridgehead atoms. The van der Waals surface area contributed by atoms with Crippen LogP contribution in [0.4, 0.5) is 0 Å². The number of hydrogen-bond donors (Lipinski definition) is 0. The lowest BCUT2D eigenvalue weighted by Gasteiger charge is -2.24. The van der Waals surface area contributed by atoms with E-state index in [4.69, 9.17) is 33.9 Å². The molecule has 126 valence electrons. The van der Waals surface area contributed by atoms with Gasteiger partial charge in [0.1, 0.15) is 8.64 Å². The first-order chi connectivity index (χ1) is 10.8. The minimum Gasteiger partial charge on any atom is -0.334 e. The largest absolute Gasteiger partial charge is 0.334 e. The van der Waals surface area contributed by atoms with Gasteiger partial charge < -0.3 is 9.47 Å². The predicted molar refractivity (Wildman–Crippen MR) is 97.4 cm³/mol. The molecule has 3 heterocycles. The van der Waals surface area contributed by atoms with Crippen LogP contribution < -0.4 is 0 Å². The molecule has 23 heavy (non-hydrogen) atoms. The zero-order valence-corrected chi connectivity index (χ0v) is 15.9. The molecule has 3 fully saturated rings. The van der Waals surface area contributed by atoms with Gasteiger partial charge in [-0.15, -0.1) is 0 Å². The number of hydrogen-bond acceptors (Lipinski definition) is 8. The third kappa shape index (κ3) is 3.42. The van der Waals surface area contributed by atoms with Gasteiger partial charge in [-0.2, -0.15) is 0 Å². The summed E-state index contributed by atoms with van der Waals surface area (Å²) < 4.78 is 12.5. The van der Waals surface area contributed by atoms with Crippen molar-refractivity contribution in [3.05, 3.63) is 0 Å². The molecule has 2 atom stereocenters. The molecule has 0 saturated carbocycles. The van der Waals surface area contributed by atoms with Crippen LogP contribution in [0.25, 0.3) is 0 Å². The van der Waals surface area contributed by atoms with Crippen LogP contribution in [-0.2, 0) is 19.1 Å². The summed E-state index contributed by atoms with van der Waals surface area (Å²) in [4.78, 5) is 28.5. The van der Waals surface area contributed by atoms with Gasteiger partial charge in [0.2, 0.25) is 0 Å². The van der Waals surface area contributed by atoms with E-state index < -0.39 is 18.0 Å². The van der Waals surface area contributed by atoms with Gasteiger partial charge in [0.25, 0.3) is 11.8 Å². The minimum atomic E-state index is -1.01. The summed E-state index contributed by atoms with van der Waals surface area (Å²) in [6.07, 6.45) is -2.00. The number of thiocarbonyl (C=S) groups is 2. The molecular weight excluding hydrogens is 376 g/mol. The first-order valence-corrected chi connectivity index (χ1v) is 9.91. The molecule has 3 rings (SSSR count). The van der Waals surface area contributed by atoms with Crippen LogP contribution in [0.1, 0.15) is 13.8 Å². The van der Waals surface area contributed by atoms with Gasteiger partial charge >= 0.3 is 0 Å². The molecule has 0 unspecified atom stereocenters. The van der Waals surface area contributed by atoms with Crippen molar-refractivity contribution >= 4 is 68.4 Å². The molecule has 3 aliphatic rings. The second kappa shape index (κ2) is 6.57. The lowest BCUT2D eigenvalue weighted by Crippen LogP contribution is -2.50. The second-order valence-electron chi connectivity index (χ2n) is 5.69. The molecule has 0 radical (unpaired) electrons. The number of carbonyl (C=O) groups excluding carboxylic acids is 2. The molecule has 0 aliphatic carbocycles. The van der Waals surface area contributed by atoms with Crippen LogP contribution >= 0.6 is 48.0 Å². The van der Waals surface area contributed by atoms with Gasteiger partial charge in [-0.05, 0) is 13.8 Å². The number of ether oxygens (including phenoxy) is 2. The van der Waals surface area contributed by atoms with E-state index in [2.05, 4.69) is 0 Å². The summed E-state index contributed by atoms with van der Waals surface area (Å²) >= 11 is 13.3. The van der Waals surface area contributed by atoms with E-state index >= 15 is 0 Å². The monoisotopic (exact) mass is 392 g/mol. The fraction of sp³-hybridized carbons (Fsp3) is 0.692. The molecule has 10 heteroatoms. The van der Waals surface area contributed by atoms with Crippen LogP contribution in [0.3, 0.4) is 0 Å². The van der Waals surface area contributed by atoms with Crippen molar-refractivity contribution in [3.63, 3.8) is 0 Å². The topological polar surface area (TPSA) is 59.1 Å². The maximum atomic E-state index is 12.8. The average molecular weight is 393 g/mol. The van der Waals surface area contributed by atoms with Crippen LogP contribution in [0.2, 0.25) is 0 Å². The van der Waals surface area contributed by atoms with Crippen LogP contribution in [0.15, 0.2) is 0 Å². The Kier molecular flexibility index (Phi) is 5.01. The number of nitrogens with zero attached hydrogens (tertiary/aromatic N) is 2. The second-order valence-corrected chi connectivity index (χ2v) is 9.14. The molecule has 6 nitrogen and oxygen atoms in total. The number of amides is 2. The third-order valence-corrected chi connectivity index (χ3v) is 6.49. The van der Waals surface area contributed by atoms with Crippen LogP contribution in [-0.4, -0.2) is 72.8 Å². The van der Waals surface area contributed by atoms with E-state index in [1.165, 1.54) is 33.3 Å². The van der Waals surface area contributed by atoms with Gasteiger partial charge in [0.15, 0.2) is 18.0 Å². The first-order valence-electron chi connectivity index (χ1n) is 7.12. The van der Waals surface area contributed by atoms with E-state index in [1.54, 1.807) is 13.8 Å². The Morgan fingerprint density at radius 3 is 1.70 bits per heavy atom. The van der Waals surface area contributed by atoms with E-state index in [1.807, 2.05) is 0 Å². The summed E-state index contributed by atoms with van der Waals surface area (Å²) in [5, 5.41) is 0. The standard InChI is InChI=1S/C13H16N2O4S4/c1-13(2)18-7(9(16)14-3-5-22-11(14)20)8(19-13)10(17)15-4-6-23-12(15)21/h7-8H,3-6H2,1-2H3/t7-,8-/m1/s1.